The van der Waals surface area contributed by atoms with Crippen LogP contribution in [0, 0.1) is 0 Å². The van der Waals surface area contributed by atoms with E-state index in [0.29, 0.717) is 12.1 Å². The molecule has 0 saturated carbocycles. The van der Waals surface area contributed by atoms with Crippen molar-refractivity contribution in [2.45, 2.75) is 38.8 Å². The van der Waals surface area contributed by atoms with E-state index in [9.17, 15) is 0 Å². The number of hydrogen-bond donors (Lipinski definition) is 1. The van der Waals surface area contributed by atoms with Crippen LogP contribution in [0.2, 0.25) is 0 Å². The summed E-state index contributed by atoms with van der Waals surface area (Å²) in [5, 5.41) is 3.67. The van der Waals surface area contributed by atoms with Crippen molar-refractivity contribution in [2.75, 3.05) is 20.1 Å². The quantitative estimate of drug-likeness (QED) is 0.836. The smallest absolute Gasteiger partial charge is 0.0149 e. The van der Waals surface area contributed by atoms with Gasteiger partial charge in [0.25, 0.3) is 0 Å². The van der Waals surface area contributed by atoms with Crippen molar-refractivity contribution in [3.8, 4) is 0 Å². The topological polar surface area (TPSA) is 15.3 Å². The maximum absolute atomic E-state index is 3.67. The van der Waals surface area contributed by atoms with E-state index in [1.165, 1.54) is 24.0 Å². The first-order valence-electron chi connectivity index (χ1n) is 6.67. The summed E-state index contributed by atoms with van der Waals surface area (Å²) in [6.45, 7) is 6.70. The molecule has 17 heavy (non-hydrogen) atoms. The van der Waals surface area contributed by atoms with Crippen LogP contribution < -0.4 is 5.32 Å². The van der Waals surface area contributed by atoms with Gasteiger partial charge in [-0.25, -0.2) is 0 Å². The Labute approximate surface area is 105 Å². The molecule has 0 heterocycles. The monoisotopic (exact) mass is 232 g/mol. The molecular formula is C15H24N2. The Morgan fingerprint density at radius 1 is 1.24 bits per heavy atom. The second kappa shape index (κ2) is 5.65. The molecule has 94 valence electrons. The lowest BCUT2D eigenvalue weighted by atomic mass is 10.1. The van der Waals surface area contributed by atoms with E-state index in [-0.39, 0.29) is 0 Å². The van der Waals surface area contributed by atoms with Gasteiger partial charge in [-0.2, -0.15) is 0 Å². The van der Waals surface area contributed by atoms with Crippen molar-refractivity contribution in [2.24, 2.45) is 0 Å². The van der Waals surface area contributed by atoms with E-state index in [1.807, 2.05) is 0 Å². The molecule has 0 fully saturated rings. The highest BCUT2D eigenvalue weighted by Crippen LogP contribution is 2.21. The molecule has 0 spiro atoms. The molecule has 0 radical (unpaired) electrons. The molecule has 0 unspecified atom stereocenters. The molecule has 0 aliphatic heterocycles. The van der Waals surface area contributed by atoms with Crippen LogP contribution in [0.1, 0.15) is 25.0 Å². The van der Waals surface area contributed by atoms with Crippen molar-refractivity contribution < 1.29 is 0 Å². The third-order valence-corrected chi connectivity index (χ3v) is 3.83. The minimum atomic E-state index is 0.637. The molecule has 0 bridgehead atoms. The van der Waals surface area contributed by atoms with Gasteiger partial charge in [0.1, 0.15) is 0 Å². The SMILES string of the molecule is CC(C)N(C)CCNC1Cc2ccccc2C1. The Balaban J connectivity index is 1.73. The third-order valence-electron chi connectivity index (χ3n) is 3.83. The van der Waals surface area contributed by atoms with E-state index in [0.717, 1.165) is 13.1 Å². The molecule has 0 aromatic heterocycles. The number of nitrogens with zero attached hydrogens (tertiary/aromatic N) is 1. The van der Waals surface area contributed by atoms with Crippen LogP contribution in [0.25, 0.3) is 0 Å². The molecule has 1 aliphatic rings. The maximum atomic E-state index is 3.67. The third kappa shape index (κ3) is 3.30. The lowest BCUT2D eigenvalue weighted by Gasteiger charge is -2.22. The number of benzene rings is 1. The first kappa shape index (κ1) is 12.6. The summed E-state index contributed by atoms with van der Waals surface area (Å²) in [7, 11) is 2.19. The summed E-state index contributed by atoms with van der Waals surface area (Å²) in [6.07, 6.45) is 2.39. The standard InChI is InChI=1S/C15H24N2/c1-12(2)17(3)9-8-16-15-10-13-6-4-5-7-14(13)11-15/h4-7,12,15-16H,8-11H2,1-3H3. The van der Waals surface area contributed by atoms with Gasteiger partial charge in [0, 0.05) is 25.2 Å². The predicted octanol–water partition coefficient (Wildman–Crippen LogP) is 2.08. The van der Waals surface area contributed by atoms with Gasteiger partial charge >= 0.3 is 0 Å². The maximum Gasteiger partial charge on any atom is 0.0149 e. The van der Waals surface area contributed by atoms with Crippen LogP contribution in [0.3, 0.4) is 0 Å². The molecule has 0 atom stereocenters. The predicted molar refractivity (Wildman–Crippen MR) is 73.4 cm³/mol. The molecular weight excluding hydrogens is 208 g/mol. The van der Waals surface area contributed by atoms with E-state index in [2.05, 4.69) is 55.4 Å². The van der Waals surface area contributed by atoms with Crippen LogP contribution in [0.4, 0.5) is 0 Å². The highest BCUT2D eigenvalue weighted by molar-refractivity contribution is 5.33. The Hall–Kier alpha value is -0.860. The summed E-state index contributed by atoms with van der Waals surface area (Å²) in [5.74, 6) is 0. The van der Waals surface area contributed by atoms with Gasteiger partial charge in [-0.3, -0.25) is 0 Å². The molecule has 1 N–H and O–H groups in total. The summed E-state index contributed by atoms with van der Waals surface area (Å²) < 4.78 is 0. The molecule has 2 heteroatoms. The van der Waals surface area contributed by atoms with Crippen molar-refractivity contribution in [1.82, 2.24) is 10.2 Å². The molecule has 0 amide bonds. The molecule has 0 saturated heterocycles. The first-order chi connectivity index (χ1) is 8.16. The van der Waals surface area contributed by atoms with E-state index in [4.69, 9.17) is 0 Å². The molecule has 1 aromatic rings. The van der Waals surface area contributed by atoms with Gasteiger partial charge < -0.3 is 10.2 Å². The Bertz CT molecular complexity index is 335. The fourth-order valence-corrected chi connectivity index (χ4v) is 2.41. The lowest BCUT2D eigenvalue weighted by molar-refractivity contribution is 0.269. The van der Waals surface area contributed by atoms with Crippen LogP contribution in [0.15, 0.2) is 24.3 Å². The highest BCUT2D eigenvalue weighted by Gasteiger charge is 2.19. The number of rotatable bonds is 5. The summed E-state index contributed by atoms with van der Waals surface area (Å²) in [4.78, 5) is 2.38. The number of nitrogens with one attached hydrogen (secondary N) is 1. The molecule has 1 aromatic carbocycles. The van der Waals surface area contributed by atoms with Gasteiger partial charge in [0.2, 0.25) is 0 Å². The number of likely N-dealkylation sites (N-methyl/N-ethyl adjacent to an activating group) is 1. The van der Waals surface area contributed by atoms with Crippen molar-refractivity contribution in [3.63, 3.8) is 0 Å². The summed E-state index contributed by atoms with van der Waals surface area (Å²) in [5.41, 5.74) is 3.06. The second-order valence-electron chi connectivity index (χ2n) is 5.40. The second-order valence-corrected chi connectivity index (χ2v) is 5.40. The average Bonchev–Trinajstić information content (AvgIpc) is 2.71. The van der Waals surface area contributed by atoms with Crippen LogP contribution in [0.5, 0.6) is 0 Å². The van der Waals surface area contributed by atoms with Gasteiger partial charge in [-0.1, -0.05) is 24.3 Å². The molecule has 2 rings (SSSR count). The van der Waals surface area contributed by atoms with Crippen LogP contribution in [-0.4, -0.2) is 37.1 Å². The largest absolute Gasteiger partial charge is 0.312 e. The van der Waals surface area contributed by atoms with E-state index >= 15 is 0 Å². The van der Waals surface area contributed by atoms with Gasteiger partial charge in [0.15, 0.2) is 0 Å². The van der Waals surface area contributed by atoms with Crippen molar-refractivity contribution in [3.05, 3.63) is 35.4 Å². The Morgan fingerprint density at radius 3 is 2.35 bits per heavy atom. The normalized spacial score (nSPS) is 15.8. The zero-order chi connectivity index (χ0) is 12.3. The Kier molecular flexibility index (Phi) is 4.19. The summed E-state index contributed by atoms with van der Waals surface area (Å²) >= 11 is 0. The minimum absolute atomic E-state index is 0.637. The van der Waals surface area contributed by atoms with Gasteiger partial charge in [0.05, 0.1) is 0 Å². The zero-order valence-electron chi connectivity index (χ0n) is 11.2. The number of fused-ring (bicyclic) bond motifs is 1. The van der Waals surface area contributed by atoms with Crippen LogP contribution >= 0.6 is 0 Å². The fourth-order valence-electron chi connectivity index (χ4n) is 2.41. The highest BCUT2D eigenvalue weighted by atomic mass is 15.1. The molecule has 2 nitrogen and oxygen atoms in total. The van der Waals surface area contributed by atoms with Crippen molar-refractivity contribution in [1.29, 1.82) is 0 Å². The fraction of sp³-hybridized carbons (Fsp3) is 0.600. The lowest BCUT2D eigenvalue weighted by Crippen LogP contribution is -2.38. The van der Waals surface area contributed by atoms with Crippen molar-refractivity contribution >= 4 is 0 Å². The van der Waals surface area contributed by atoms with E-state index < -0.39 is 0 Å². The zero-order valence-corrected chi connectivity index (χ0v) is 11.2. The summed E-state index contributed by atoms with van der Waals surface area (Å²) in [6, 6.07) is 10.1. The van der Waals surface area contributed by atoms with Gasteiger partial charge in [-0.15, -0.1) is 0 Å². The van der Waals surface area contributed by atoms with E-state index in [1.54, 1.807) is 0 Å². The molecule has 1 aliphatic carbocycles. The van der Waals surface area contributed by atoms with Crippen LogP contribution in [-0.2, 0) is 12.8 Å². The Morgan fingerprint density at radius 2 is 1.82 bits per heavy atom. The van der Waals surface area contributed by atoms with Gasteiger partial charge in [-0.05, 0) is 44.9 Å². The number of hydrogen-bond acceptors (Lipinski definition) is 2. The first-order valence-corrected chi connectivity index (χ1v) is 6.67. The minimum Gasteiger partial charge on any atom is -0.312 e. The average molecular weight is 232 g/mol.